The summed E-state index contributed by atoms with van der Waals surface area (Å²) in [6.45, 7) is 13.1. The SMILES string of the molecule is C=C(C)C(=O)OCCCN1C(=O)C(C#N)=C(C)/C(=C\c2ccc(N(CCCC)CCCC)s2)C1=O. The Morgan fingerprint density at radius 3 is 2.40 bits per heavy atom. The van der Waals surface area contributed by atoms with Crippen molar-refractivity contribution in [1.82, 2.24) is 4.90 Å². The van der Waals surface area contributed by atoms with Crippen molar-refractivity contribution in [2.45, 2.75) is 59.8 Å². The average Bonchev–Trinajstić information content (AvgIpc) is 3.30. The summed E-state index contributed by atoms with van der Waals surface area (Å²) in [5.74, 6) is -1.58. The maximum Gasteiger partial charge on any atom is 0.333 e. The van der Waals surface area contributed by atoms with Gasteiger partial charge in [0.2, 0.25) is 0 Å². The van der Waals surface area contributed by atoms with Gasteiger partial charge < -0.3 is 9.64 Å². The molecule has 1 aliphatic heterocycles. The number of unbranched alkanes of at least 4 members (excludes halogenated alkanes) is 2. The van der Waals surface area contributed by atoms with Crippen LogP contribution in [0.2, 0.25) is 0 Å². The topological polar surface area (TPSA) is 90.7 Å². The van der Waals surface area contributed by atoms with Crippen molar-refractivity contribution >= 4 is 40.2 Å². The normalized spacial score (nSPS) is 14.9. The number of carbonyl (C=O) groups is 3. The van der Waals surface area contributed by atoms with E-state index in [1.165, 1.54) is 0 Å². The van der Waals surface area contributed by atoms with Gasteiger partial charge in [0.1, 0.15) is 11.6 Å². The second-order valence-corrected chi connectivity index (χ2v) is 9.67. The van der Waals surface area contributed by atoms with E-state index in [4.69, 9.17) is 4.74 Å². The van der Waals surface area contributed by atoms with Crippen molar-refractivity contribution in [2.24, 2.45) is 0 Å². The van der Waals surface area contributed by atoms with Crippen LogP contribution in [0.25, 0.3) is 6.08 Å². The molecular formula is C27H35N3O4S. The van der Waals surface area contributed by atoms with E-state index in [0.29, 0.717) is 11.1 Å². The van der Waals surface area contributed by atoms with E-state index in [0.717, 1.165) is 53.6 Å². The fourth-order valence-electron chi connectivity index (χ4n) is 3.61. The number of thiophene rings is 1. The molecule has 0 N–H and O–H groups in total. The lowest BCUT2D eigenvalue weighted by Crippen LogP contribution is -2.43. The minimum Gasteiger partial charge on any atom is -0.462 e. The molecule has 0 unspecified atom stereocenters. The first-order valence-corrected chi connectivity index (χ1v) is 12.9. The lowest BCUT2D eigenvalue weighted by molar-refractivity contribution is -0.141. The van der Waals surface area contributed by atoms with Gasteiger partial charge in [-0.1, -0.05) is 33.3 Å². The molecule has 7 nitrogen and oxygen atoms in total. The molecule has 0 saturated carbocycles. The summed E-state index contributed by atoms with van der Waals surface area (Å²) >= 11 is 1.60. The van der Waals surface area contributed by atoms with Gasteiger partial charge in [-0.3, -0.25) is 14.5 Å². The molecule has 0 atom stereocenters. The summed E-state index contributed by atoms with van der Waals surface area (Å²) in [6, 6.07) is 6.00. The van der Waals surface area contributed by atoms with Crippen LogP contribution in [0.5, 0.6) is 0 Å². The molecule has 0 bridgehead atoms. The highest BCUT2D eigenvalue weighted by Crippen LogP contribution is 2.32. The zero-order valence-electron chi connectivity index (χ0n) is 21.2. The molecule has 1 aromatic heterocycles. The lowest BCUT2D eigenvalue weighted by atomic mass is 9.94. The first kappa shape index (κ1) is 28.1. The fourth-order valence-corrected chi connectivity index (χ4v) is 4.61. The van der Waals surface area contributed by atoms with Gasteiger partial charge in [-0.2, -0.15) is 5.26 Å². The number of nitrogens with zero attached hydrogens (tertiary/aromatic N) is 3. The van der Waals surface area contributed by atoms with E-state index < -0.39 is 17.8 Å². The zero-order valence-corrected chi connectivity index (χ0v) is 22.0. The number of esters is 1. The molecule has 1 aromatic rings. The van der Waals surface area contributed by atoms with E-state index in [-0.39, 0.29) is 30.7 Å². The Morgan fingerprint density at radius 2 is 1.83 bits per heavy atom. The molecule has 1 aliphatic rings. The van der Waals surface area contributed by atoms with Crippen LogP contribution in [-0.2, 0) is 19.1 Å². The molecule has 2 heterocycles. The molecule has 0 spiro atoms. The lowest BCUT2D eigenvalue weighted by Gasteiger charge is -2.27. The number of hydrogen-bond acceptors (Lipinski definition) is 7. The van der Waals surface area contributed by atoms with Crippen molar-refractivity contribution in [3.05, 3.63) is 45.9 Å². The number of rotatable bonds is 13. The van der Waals surface area contributed by atoms with Crippen LogP contribution in [0.1, 0.15) is 64.7 Å². The second-order valence-electron chi connectivity index (χ2n) is 8.57. The maximum absolute atomic E-state index is 13.2. The van der Waals surface area contributed by atoms with Crippen molar-refractivity contribution in [2.75, 3.05) is 31.1 Å². The standard InChI is InChI=1S/C27H35N3O4S/c1-6-8-13-29(14-9-7-2)24-12-11-21(35-24)17-22-20(5)23(18-28)26(32)30(25(22)31)15-10-16-34-27(33)19(3)4/h11-12,17H,3,6-10,13-16H2,1-2,4-5H3/b22-17+. The van der Waals surface area contributed by atoms with Crippen LogP contribution >= 0.6 is 11.3 Å². The molecule has 0 fully saturated rings. The van der Waals surface area contributed by atoms with Crippen molar-refractivity contribution < 1.29 is 19.1 Å². The Kier molecular flexibility index (Phi) is 10.9. The van der Waals surface area contributed by atoms with Crippen LogP contribution in [0, 0.1) is 11.3 Å². The molecule has 0 aromatic carbocycles. The van der Waals surface area contributed by atoms with Crippen LogP contribution in [0.3, 0.4) is 0 Å². The summed E-state index contributed by atoms with van der Waals surface area (Å²) < 4.78 is 5.06. The third kappa shape index (κ3) is 7.40. The van der Waals surface area contributed by atoms with Gasteiger partial charge in [0, 0.05) is 35.7 Å². The predicted molar refractivity (Wildman–Crippen MR) is 140 cm³/mol. The Morgan fingerprint density at radius 1 is 1.17 bits per heavy atom. The van der Waals surface area contributed by atoms with E-state index in [1.54, 1.807) is 31.3 Å². The number of amides is 2. The van der Waals surface area contributed by atoms with E-state index in [2.05, 4.69) is 31.4 Å². The molecular weight excluding hydrogens is 462 g/mol. The summed E-state index contributed by atoms with van der Waals surface area (Å²) in [7, 11) is 0. The van der Waals surface area contributed by atoms with Crippen molar-refractivity contribution in [1.29, 1.82) is 5.26 Å². The largest absolute Gasteiger partial charge is 0.462 e. The number of carbonyl (C=O) groups excluding carboxylic acids is 3. The van der Waals surface area contributed by atoms with Gasteiger partial charge in [0.15, 0.2) is 0 Å². The van der Waals surface area contributed by atoms with Crippen LogP contribution in [-0.4, -0.2) is 48.9 Å². The highest BCUT2D eigenvalue weighted by molar-refractivity contribution is 7.17. The summed E-state index contributed by atoms with van der Waals surface area (Å²) in [5, 5.41) is 10.7. The van der Waals surface area contributed by atoms with E-state index in [9.17, 15) is 19.6 Å². The first-order chi connectivity index (χ1) is 16.7. The van der Waals surface area contributed by atoms with Crippen LogP contribution in [0.4, 0.5) is 5.00 Å². The molecule has 2 amide bonds. The molecule has 188 valence electrons. The van der Waals surface area contributed by atoms with Crippen molar-refractivity contribution in [3.63, 3.8) is 0 Å². The smallest absolute Gasteiger partial charge is 0.333 e. The molecule has 35 heavy (non-hydrogen) atoms. The molecule has 0 radical (unpaired) electrons. The average molecular weight is 498 g/mol. The Hall–Kier alpha value is -3.18. The van der Waals surface area contributed by atoms with Gasteiger partial charge in [0.05, 0.1) is 11.6 Å². The van der Waals surface area contributed by atoms with Crippen LogP contribution < -0.4 is 4.90 Å². The number of ether oxygens (including phenoxy) is 1. The van der Waals surface area contributed by atoms with Gasteiger partial charge in [-0.25, -0.2) is 4.79 Å². The third-order valence-electron chi connectivity index (χ3n) is 5.71. The van der Waals surface area contributed by atoms with E-state index >= 15 is 0 Å². The third-order valence-corrected chi connectivity index (χ3v) is 6.80. The minimum atomic E-state index is -0.615. The van der Waals surface area contributed by atoms with Gasteiger partial charge in [-0.15, -0.1) is 11.3 Å². The maximum atomic E-state index is 13.2. The minimum absolute atomic E-state index is 0.0425. The van der Waals surface area contributed by atoms with Gasteiger partial charge in [0.25, 0.3) is 11.8 Å². The van der Waals surface area contributed by atoms with Gasteiger partial charge in [-0.05, 0) is 56.9 Å². The first-order valence-electron chi connectivity index (χ1n) is 12.1. The monoisotopic (exact) mass is 497 g/mol. The Bertz CT molecular complexity index is 1050. The van der Waals surface area contributed by atoms with Gasteiger partial charge >= 0.3 is 5.97 Å². The quantitative estimate of drug-likeness (QED) is 0.160. The molecule has 8 heteroatoms. The number of imide groups is 1. The predicted octanol–water partition coefficient (Wildman–Crippen LogP) is 5.26. The number of nitriles is 1. The number of anilines is 1. The Labute approximate surface area is 212 Å². The van der Waals surface area contributed by atoms with Crippen molar-refractivity contribution in [3.8, 4) is 6.07 Å². The molecule has 2 rings (SSSR count). The molecule has 0 aliphatic carbocycles. The highest BCUT2D eigenvalue weighted by Gasteiger charge is 2.35. The van der Waals surface area contributed by atoms with E-state index in [1.807, 2.05) is 12.1 Å². The highest BCUT2D eigenvalue weighted by atomic mass is 32.1. The zero-order chi connectivity index (χ0) is 26.0. The second kappa shape index (κ2) is 13.6. The van der Waals surface area contributed by atoms with Crippen LogP contribution in [0.15, 0.2) is 41.0 Å². The fraction of sp³-hybridized carbons (Fsp3) is 0.481. The summed E-state index contributed by atoms with van der Waals surface area (Å²) in [6.07, 6.45) is 6.51. The Balaban J connectivity index is 2.25. The summed E-state index contributed by atoms with van der Waals surface area (Å²) in [5.41, 5.74) is 0.960. The number of hydrogen-bond donors (Lipinski definition) is 0. The summed E-state index contributed by atoms with van der Waals surface area (Å²) in [4.78, 5) is 41.9. The molecule has 0 saturated heterocycles.